The first-order chi connectivity index (χ1) is 14.7. The van der Waals surface area contributed by atoms with Crippen LogP contribution in [0.15, 0.2) is 30.3 Å². The topological polar surface area (TPSA) is 130 Å². The number of benzene rings is 2. The summed E-state index contributed by atoms with van der Waals surface area (Å²) in [5, 5.41) is 0. The lowest BCUT2D eigenvalue weighted by molar-refractivity contribution is -0.124. The van der Waals surface area contributed by atoms with Crippen LogP contribution in [0.1, 0.15) is 28.3 Å². The van der Waals surface area contributed by atoms with Gasteiger partial charge in [0, 0.05) is 11.5 Å². The molecule has 1 aliphatic rings. The Hall–Kier alpha value is -2.78. The van der Waals surface area contributed by atoms with E-state index >= 15 is 0 Å². The molecular formula is C20H23O10P. The zero-order chi connectivity index (χ0) is 22.8. The molecule has 2 N–H and O–H groups in total. The molecule has 0 amide bonds. The zero-order valence-electron chi connectivity index (χ0n) is 17.4. The van der Waals surface area contributed by atoms with E-state index in [9.17, 15) is 9.36 Å². The molecule has 2 atom stereocenters. The molecule has 1 saturated carbocycles. The van der Waals surface area contributed by atoms with Gasteiger partial charge in [-0.05, 0) is 42.2 Å². The van der Waals surface area contributed by atoms with Crippen molar-refractivity contribution in [1.29, 1.82) is 0 Å². The number of hydrogen-bond donors (Lipinski definition) is 2. The summed E-state index contributed by atoms with van der Waals surface area (Å²) < 4.78 is 36.1. The smallest absolute Gasteiger partial charge is 0.493 e. The molecule has 2 aromatic rings. The lowest BCUT2D eigenvalue weighted by atomic mass is 10.0. The van der Waals surface area contributed by atoms with E-state index < -0.39 is 7.82 Å². The summed E-state index contributed by atoms with van der Waals surface area (Å²) in [5.74, 6) is 0.917. The molecule has 168 valence electrons. The maximum atomic E-state index is 13.1. The van der Waals surface area contributed by atoms with Crippen molar-refractivity contribution in [3.63, 3.8) is 0 Å². The standard InChI is InChI=1S/C20H23O10P/c1-25-15-6-5-11(7-16(15)29-30-31(22,23)24)13-10-14(13)19(21)12-8-17(26-2)20(28-4)18(9-12)27-3/h5-9,13-14H,10H2,1-4H3,(H2,22,23,24). The van der Waals surface area contributed by atoms with Crippen molar-refractivity contribution >= 4 is 13.6 Å². The van der Waals surface area contributed by atoms with Crippen molar-refractivity contribution in [3.05, 3.63) is 41.5 Å². The highest BCUT2D eigenvalue weighted by atomic mass is 31.2. The van der Waals surface area contributed by atoms with Crippen LogP contribution in [0, 0.1) is 5.92 Å². The van der Waals surface area contributed by atoms with E-state index in [1.165, 1.54) is 34.5 Å². The Morgan fingerprint density at radius 2 is 1.52 bits per heavy atom. The van der Waals surface area contributed by atoms with Gasteiger partial charge in [0.05, 0.1) is 28.4 Å². The summed E-state index contributed by atoms with van der Waals surface area (Å²) in [7, 11) is 0.978. The molecule has 11 heteroatoms. The average Bonchev–Trinajstić information content (AvgIpc) is 3.56. The fourth-order valence-electron chi connectivity index (χ4n) is 3.37. The predicted octanol–water partition coefficient (Wildman–Crippen LogP) is 3.11. The molecule has 0 saturated heterocycles. The van der Waals surface area contributed by atoms with Gasteiger partial charge in [0.25, 0.3) is 0 Å². The minimum absolute atomic E-state index is 0.00536. The summed E-state index contributed by atoms with van der Waals surface area (Å²) >= 11 is 0. The van der Waals surface area contributed by atoms with Crippen LogP contribution in [0.2, 0.25) is 0 Å². The molecule has 3 rings (SSSR count). The molecule has 1 aliphatic carbocycles. The van der Waals surface area contributed by atoms with Crippen LogP contribution in [0.3, 0.4) is 0 Å². The molecule has 0 spiro atoms. The van der Waals surface area contributed by atoms with E-state index in [1.807, 2.05) is 0 Å². The number of Topliss-reactive ketones (excluding diaryl/α,β-unsaturated/α-hetero) is 1. The molecule has 2 aromatic carbocycles. The second kappa shape index (κ2) is 9.15. The first-order valence-electron chi connectivity index (χ1n) is 9.16. The number of carbonyl (C=O) groups excluding carboxylic acids is 1. The fourth-order valence-corrected chi connectivity index (χ4v) is 3.55. The van der Waals surface area contributed by atoms with E-state index in [1.54, 1.807) is 24.3 Å². The summed E-state index contributed by atoms with van der Waals surface area (Å²) in [5.41, 5.74) is 1.17. The zero-order valence-corrected chi connectivity index (χ0v) is 18.3. The minimum Gasteiger partial charge on any atom is -0.493 e. The maximum Gasteiger partial charge on any atom is 0.505 e. The highest BCUT2D eigenvalue weighted by Crippen LogP contribution is 2.52. The Morgan fingerprint density at radius 3 is 2.03 bits per heavy atom. The molecule has 1 fully saturated rings. The highest BCUT2D eigenvalue weighted by molar-refractivity contribution is 7.46. The third kappa shape index (κ3) is 5.11. The normalized spacial score (nSPS) is 17.6. The third-order valence-electron chi connectivity index (χ3n) is 4.92. The first kappa shape index (κ1) is 22.9. The van der Waals surface area contributed by atoms with Gasteiger partial charge in [-0.15, -0.1) is 0 Å². The van der Waals surface area contributed by atoms with Crippen molar-refractivity contribution in [2.24, 2.45) is 5.92 Å². The number of phosphoric acid groups is 1. The number of rotatable bonds is 10. The van der Waals surface area contributed by atoms with Gasteiger partial charge in [-0.1, -0.05) is 10.7 Å². The van der Waals surface area contributed by atoms with E-state index in [2.05, 4.69) is 4.67 Å². The lowest BCUT2D eigenvalue weighted by Crippen LogP contribution is -2.06. The number of carbonyl (C=O) groups is 1. The van der Waals surface area contributed by atoms with E-state index in [4.69, 9.17) is 33.6 Å². The summed E-state index contributed by atoms with van der Waals surface area (Å²) in [4.78, 5) is 35.5. The van der Waals surface area contributed by atoms with Crippen molar-refractivity contribution in [2.45, 2.75) is 12.3 Å². The predicted molar refractivity (Wildman–Crippen MR) is 108 cm³/mol. The monoisotopic (exact) mass is 454 g/mol. The Morgan fingerprint density at radius 1 is 0.903 bits per heavy atom. The van der Waals surface area contributed by atoms with Gasteiger partial charge in [0.2, 0.25) is 11.5 Å². The Kier molecular flexibility index (Phi) is 6.76. The van der Waals surface area contributed by atoms with Crippen molar-refractivity contribution < 1.29 is 47.7 Å². The van der Waals surface area contributed by atoms with Gasteiger partial charge in [-0.2, -0.15) is 0 Å². The summed E-state index contributed by atoms with van der Waals surface area (Å²) in [6.45, 7) is 0. The molecule has 0 heterocycles. The molecule has 10 nitrogen and oxygen atoms in total. The van der Waals surface area contributed by atoms with E-state index in [0.717, 1.165) is 5.56 Å². The van der Waals surface area contributed by atoms with Crippen LogP contribution in [0.4, 0.5) is 0 Å². The van der Waals surface area contributed by atoms with Crippen LogP contribution >= 0.6 is 7.82 Å². The van der Waals surface area contributed by atoms with Crippen molar-refractivity contribution in [1.82, 2.24) is 0 Å². The van der Waals surface area contributed by atoms with Gasteiger partial charge in [0.1, 0.15) is 0 Å². The van der Waals surface area contributed by atoms with Gasteiger partial charge < -0.3 is 33.6 Å². The van der Waals surface area contributed by atoms with Crippen molar-refractivity contribution in [3.8, 4) is 28.7 Å². The highest BCUT2D eigenvalue weighted by Gasteiger charge is 2.44. The molecule has 0 aliphatic heterocycles. The van der Waals surface area contributed by atoms with Crippen molar-refractivity contribution in [2.75, 3.05) is 28.4 Å². The Balaban J connectivity index is 1.82. The quantitative estimate of drug-likeness (QED) is 0.239. The van der Waals surface area contributed by atoms with Gasteiger partial charge in [-0.3, -0.25) is 4.79 Å². The Bertz CT molecular complexity index is 990. The van der Waals surface area contributed by atoms with Gasteiger partial charge in [0.15, 0.2) is 23.0 Å². The molecule has 31 heavy (non-hydrogen) atoms. The molecule has 0 bridgehead atoms. The Labute approximate surface area is 178 Å². The minimum atomic E-state index is -4.84. The second-order valence-electron chi connectivity index (χ2n) is 6.79. The largest absolute Gasteiger partial charge is 0.505 e. The molecule has 0 radical (unpaired) electrons. The van der Waals surface area contributed by atoms with E-state index in [0.29, 0.717) is 29.2 Å². The van der Waals surface area contributed by atoms with Crippen LogP contribution in [-0.4, -0.2) is 44.0 Å². The third-order valence-corrected chi connectivity index (χ3v) is 5.19. The van der Waals surface area contributed by atoms with E-state index in [-0.39, 0.29) is 29.1 Å². The maximum absolute atomic E-state index is 13.1. The number of ketones is 1. The molecule has 0 aromatic heterocycles. The summed E-state index contributed by atoms with van der Waals surface area (Å²) in [6.07, 6.45) is 0.598. The average molecular weight is 454 g/mol. The van der Waals surface area contributed by atoms with Crippen LogP contribution < -0.4 is 23.8 Å². The number of ether oxygens (including phenoxy) is 4. The van der Waals surface area contributed by atoms with Gasteiger partial charge in [-0.25, -0.2) is 4.57 Å². The molecule has 2 unspecified atom stereocenters. The van der Waals surface area contributed by atoms with Crippen LogP contribution in [-0.2, 0) is 9.24 Å². The number of methoxy groups -OCH3 is 4. The SMILES string of the molecule is COc1ccc(C2CC2C(=O)c2cc(OC)c(OC)c(OC)c2)cc1OOP(=O)(O)O. The van der Waals surface area contributed by atoms with Gasteiger partial charge >= 0.3 is 7.82 Å². The van der Waals surface area contributed by atoms with Crippen LogP contribution in [0.25, 0.3) is 0 Å². The van der Waals surface area contributed by atoms with Crippen LogP contribution in [0.5, 0.6) is 28.7 Å². The molecular weight excluding hydrogens is 431 g/mol. The lowest BCUT2D eigenvalue weighted by Gasteiger charge is -2.14. The first-order valence-corrected chi connectivity index (χ1v) is 10.7. The summed E-state index contributed by atoms with van der Waals surface area (Å²) in [6, 6.07) is 8.08. The fraction of sp³-hybridized carbons (Fsp3) is 0.350. The number of hydrogen-bond acceptors (Lipinski definition) is 8. The second-order valence-corrected chi connectivity index (χ2v) is 7.92.